The van der Waals surface area contributed by atoms with E-state index in [1.807, 2.05) is 66.9 Å². The van der Waals surface area contributed by atoms with E-state index in [4.69, 9.17) is 24.4 Å². The largest absolute Gasteiger partial charge is 0.456 e. The highest BCUT2D eigenvalue weighted by atomic mass is 16.3. The second-order valence-electron chi connectivity index (χ2n) is 12.7. The molecule has 3 aromatic heterocycles. The number of para-hydroxylation sites is 2. The van der Waals surface area contributed by atoms with Gasteiger partial charge in [0.1, 0.15) is 11.2 Å². The minimum Gasteiger partial charge on any atom is -0.456 e. The van der Waals surface area contributed by atoms with E-state index in [1.165, 1.54) is 0 Å². The van der Waals surface area contributed by atoms with Crippen LogP contribution in [0.1, 0.15) is 0 Å². The van der Waals surface area contributed by atoms with Crippen molar-refractivity contribution in [3.8, 4) is 56.4 Å². The van der Waals surface area contributed by atoms with Gasteiger partial charge in [-0.05, 0) is 76.0 Å². The van der Waals surface area contributed by atoms with Crippen LogP contribution >= 0.6 is 0 Å². The summed E-state index contributed by atoms with van der Waals surface area (Å²) in [5.41, 5.74) is 9.75. The van der Waals surface area contributed by atoms with E-state index in [9.17, 15) is 0 Å². The molecule has 0 aliphatic heterocycles. The van der Waals surface area contributed by atoms with Crippen molar-refractivity contribution in [3.05, 3.63) is 170 Å². The second kappa shape index (κ2) is 11.9. The van der Waals surface area contributed by atoms with Gasteiger partial charge in [-0.3, -0.25) is 4.98 Å². The fourth-order valence-electron chi connectivity index (χ4n) is 6.96. The molecule has 0 N–H and O–H groups in total. The van der Waals surface area contributed by atoms with Crippen molar-refractivity contribution in [2.75, 3.05) is 0 Å². The smallest absolute Gasteiger partial charge is 0.164 e. The summed E-state index contributed by atoms with van der Waals surface area (Å²) in [5.74, 6) is 1.82. The number of fused-ring (bicyclic) bond motifs is 5. The molecule has 0 saturated heterocycles. The van der Waals surface area contributed by atoms with E-state index in [-0.39, 0.29) is 0 Å². The van der Waals surface area contributed by atoms with Gasteiger partial charge in [-0.25, -0.2) is 15.0 Å². The Bertz CT molecular complexity index is 2930. The van der Waals surface area contributed by atoms with E-state index < -0.39 is 0 Å². The Labute approximate surface area is 293 Å². The summed E-state index contributed by atoms with van der Waals surface area (Å²) in [6.45, 7) is 0. The van der Waals surface area contributed by atoms with Gasteiger partial charge in [-0.2, -0.15) is 0 Å². The van der Waals surface area contributed by atoms with Crippen LogP contribution in [0.5, 0.6) is 0 Å². The van der Waals surface area contributed by atoms with Crippen LogP contribution in [0.4, 0.5) is 0 Å². The van der Waals surface area contributed by atoms with Crippen molar-refractivity contribution < 1.29 is 4.42 Å². The predicted octanol–water partition coefficient (Wildman–Crippen LogP) is 11.8. The third-order valence-corrected chi connectivity index (χ3v) is 9.55. The molecule has 0 spiro atoms. The maximum atomic E-state index is 6.14. The number of pyridine rings is 1. The average molecular weight is 653 g/mol. The molecule has 5 heteroatoms. The van der Waals surface area contributed by atoms with Crippen LogP contribution in [0.3, 0.4) is 0 Å². The van der Waals surface area contributed by atoms with Gasteiger partial charge < -0.3 is 4.42 Å². The number of furan rings is 1. The summed E-state index contributed by atoms with van der Waals surface area (Å²) >= 11 is 0. The first-order chi connectivity index (χ1) is 25.2. The van der Waals surface area contributed by atoms with Crippen LogP contribution in [0.25, 0.3) is 100 Å². The molecule has 51 heavy (non-hydrogen) atoms. The van der Waals surface area contributed by atoms with E-state index in [0.717, 1.165) is 82.6 Å². The molecule has 3 heterocycles. The number of aromatic nitrogens is 4. The normalized spacial score (nSPS) is 11.5. The van der Waals surface area contributed by atoms with Crippen LogP contribution in [0.2, 0.25) is 0 Å². The molecular formula is C46H28N4O. The predicted molar refractivity (Wildman–Crippen MR) is 207 cm³/mol. The average Bonchev–Trinajstić information content (AvgIpc) is 3.58. The fourth-order valence-corrected chi connectivity index (χ4v) is 6.96. The van der Waals surface area contributed by atoms with Gasteiger partial charge in [0.05, 0.1) is 5.52 Å². The highest BCUT2D eigenvalue weighted by molar-refractivity contribution is 6.06. The Morgan fingerprint density at radius 2 is 0.980 bits per heavy atom. The fraction of sp³-hybridized carbons (Fsp3) is 0. The molecule has 0 unspecified atom stereocenters. The Morgan fingerprint density at radius 3 is 1.86 bits per heavy atom. The molecule has 0 fully saturated rings. The first-order valence-corrected chi connectivity index (χ1v) is 17.0. The first kappa shape index (κ1) is 29.0. The highest BCUT2D eigenvalue weighted by Crippen LogP contribution is 2.36. The van der Waals surface area contributed by atoms with Crippen molar-refractivity contribution in [3.63, 3.8) is 0 Å². The summed E-state index contributed by atoms with van der Waals surface area (Å²) < 4.78 is 6.14. The zero-order valence-corrected chi connectivity index (χ0v) is 27.4. The lowest BCUT2D eigenvalue weighted by Crippen LogP contribution is -2.01. The Hall–Kier alpha value is -6.98. The molecule has 0 bridgehead atoms. The Kier molecular flexibility index (Phi) is 6.74. The van der Waals surface area contributed by atoms with Crippen LogP contribution in [0.15, 0.2) is 174 Å². The topological polar surface area (TPSA) is 64.7 Å². The number of hydrogen-bond donors (Lipinski definition) is 0. The number of rotatable bonds is 5. The minimum atomic E-state index is 0.598. The third-order valence-electron chi connectivity index (χ3n) is 9.55. The molecule has 0 amide bonds. The monoisotopic (exact) mass is 652 g/mol. The molecule has 10 rings (SSSR count). The van der Waals surface area contributed by atoms with Gasteiger partial charge in [0.15, 0.2) is 17.5 Å². The SMILES string of the molecule is c1ccc(-c2ccccc2-c2nc(-c3ccc4ccc(-c5cnc6ccccc6c5)cc4c3)nc(-c3ccc4oc5ccccc5c4c3)n2)cc1. The maximum Gasteiger partial charge on any atom is 0.164 e. The second-order valence-corrected chi connectivity index (χ2v) is 12.7. The van der Waals surface area contributed by atoms with Gasteiger partial charge in [-0.1, -0.05) is 115 Å². The van der Waals surface area contributed by atoms with Crippen molar-refractivity contribution in [2.24, 2.45) is 0 Å². The van der Waals surface area contributed by atoms with E-state index >= 15 is 0 Å². The third kappa shape index (κ3) is 5.20. The number of hydrogen-bond acceptors (Lipinski definition) is 5. The van der Waals surface area contributed by atoms with Crippen LogP contribution < -0.4 is 0 Å². The number of nitrogens with zero attached hydrogens (tertiary/aromatic N) is 4. The maximum absolute atomic E-state index is 6.14. The van der Waals surface area contributed by atoms with Crippen LogP contribution in [-0.4, -0.2) is 19.9 Å². The highest BCUT2D eigenvalue weighted by Gasteiger charge is 2.17. The van der Waals surface area contributed by atoms with Gasteiger partial charge in [0, 0.05) is 44.6 Å². The van der Waals surface area contributed by atoms with Gasteiger partial charge in [0.25, 0.3) is 0 Å². The molecular weight excluding hydrogens is 625 g/mol. The summed E-state index contributed by atoms with van der Waals surface area (Å²) in [4.78, 5) is 20.1. The van der Waals surface area contributed by atoms with Crippen molar-refractivity contribution in [1.29, 1.82) is 0 Å². The molecule has 0 radical (unpaired) electrons. The summed E-state index contributed by atoms with van der Waals surface area (Å²) in [6, 6.07) is 56.3. The van der Waals surface area contributed by atoms with E-state index in [0.29, 0.717) is 17.5 Å². The zero-order valence-electron chi connectivity index (χ0n) is 27.4. The quantitative estimate of drug-likeness (QED) is 0.185. The van der Waals surface area contributed by atoms with Gasteiger partial charge in [0.2, 0.25) is 0 Å². The molecule has 5 nitrogen and oxygen atoms in total. The molecule has 0 saturated carbocycles. The summed E-state index contributed by atoms with van der Waals surface area (Å²) in [6.07, 6.45) is 1.95. The summed E-state index contributed by atoms with van der Waals surface area (Å²) in [7, 11) is 0. The Morgan fingerprint density at radius 1 is 0.353 bits per heavy atom. The minimum absolute atomic E-state index is 0.598. The standard InChI is InChI=1S/C46H28N4O/c1-2-10-30(11-3-1)37-13-5-6-15-39(37)46-49-44(48-45(50-46)34-22-23-43-40(27-34)38-14-7-9-17-42(38)51-43)33-21-19-29-18-20-31(24-35(29)26-33)36-25-32-12-4-8-16-41(32)47-28-36/h1-28H. The summed E-state index contributed by atoms with van der Waals surface area (Å²) in [5, 5.41) is 5.43. The lowest BCUT2D eigenvalue weighted by Gasteiger charge is -2.12. The molecule has 0 atom stereocenters. The van der Waals surface area contributed by atoms with Gasteiger partial charge in [-0.15, -0.1) is 0 Å². The molecule has 0 aliphatic carbocycles. The molecule has 238 valence electrons. The molecule has 10 aromatic rings. The number of benzene rings is 7. The lowest BCUT2D eigenvalue weighted by atomic mass is 9.98. The van der Waals surface area contributed by atoms with Crippen molar-refractivity contribution in [2.45, 2.75) is 0 Å². The molecule has 7 aromatic carbocycles. The lowest BCUT2D eigenvalue weighted by molar-refractivity contribution is 0.669. The Balaban J connectivity index is 1.15. The van der Waals surface area contributed by atoms with Crippen molar-refractivity contribution >= 4 is 43.6 Å². The van der Waals surface area contributed by atoms with Gasteiger partial charge >= 0.3 is 0 Å². The van der Waals surface area contributed by atoms with Crippen LogP contribution in [0, 0.1) is 0 Å². The van der Waals surface area contributed by atoms with Crippen LogP contribution in [-0.2, 0) is 0 Å². The van der Waals surface area contributed by atoms with Crippen molar-refractivity contribution in [1.82, 2.24) is 19.9 Å². The van der Waals surface area contributed by atoms with E-state index in [1.54, 1.807) is 0 Å². The van der Waals surface area contributed by atoms with E-state index in [2.05, 4.69) is 103 Å². The molecule has 0 aliphatic rings. The zero-order chi connectivity index (χ0) is 33.7. The first-order valence-electron chi connectivity index (χ1n) is 17.0.